The molecule has 132 valence electrons. The van der Waals surface area contributed by atoms with Gasteiger partial charge in [-0.05, 0) is 17.7 Å². The molecule has 0 saturated heterocycles. The van der Waals surface area contributed by atoms with Gasteiger partial charge in [0.25, 0.3) is 0 Å². The molecule has 0 unspecified atom stereocenters. The number of hydrogen-bond acceptors (Lipinski definition) is 4. The van der Waals surface area contributed by atoms with Gasteiger partial charge in [0, 0.05) is 6.42 Å². The van der Waals surface area contributed by atoms with Gasteiger partial charge in [-0.25, -0.2) is 4.79 Å². The molecular formula is C19H21NO5. The average molecular weight is 343 g/mol. The van der Waals surface area contributed by atoms with E-state index >= 15 is 0 Å². The number of para-hydroxylation sites is 1. The highest BCUT2D eigenvalue weighted by molar-refractivity contribution is 5.84. The summed E-state index contributed by atoms with van der Waals surface area (Å²) in [6, 6.07) is 17.4. The SMILES string of the molecule is O=C(COCCOc1ccccc1)N[C@H](Cc1ccccc1)C(=O)O. The molecule has 0 aliphatic carbocycles. The van der Waals surface area contributed by atoms with E-state index < -0.39 is 17.9 Å². The lowest BCUT2D eigenvalue weighted by atomic mass is 10.1. The van der Waals surface area contributed by atoms with Crippen molar-refractivity contribution in [3.8, 4) is 5.75 Å². The third kappa shape index (κ3) is 7.05. The first kappa shape index (κ1) is 18.5. The van der Waals surface area contributed by atoms with E-state index in [9.17, 15) is 14.7 Å². The third-order valence-corrected chi connectivity index (χ3v) is 3.39. The minimum absolute atomic E-state index is 0.212. The Morgan fingerprint density at radius 1 is 0.960 bits per heavy atom. The molecule has 2 rings (SSSR count). The van der Waals surface area contributed by atoms with Gasteiger partial charge in [0.05, 0.1) is 6.61 Å². The summed E-state index contributed by atoms with van der Waals surface area (Å²) in [5, 5.41) is 11.7. The van der Waals surface area contributed by atoms with Crippen LogP contribution < -0.4 is 10.1 Å². The van der Waals surface area contributed by atoms with Gasteiger partial charge in [0.1, 0.15) is 25.0 Å². The molecule has 0 bridgehead atoms. The van der Waals surface area contributed by atoms with Crippen LogP contribution >= 0.6 is 0 Å². The number of amides is 1. The van der Waals surface area contributed by atoms with Crippen LogP contribution in [0.15, 0.2) is 60.7 Å². The molecule has 6 heteroatoms. The Hall–Kier alpha value is -2.86. The van der Waals surface area contributed by atoms with E-state index in [2.05, 4.69) is 5.32 Å². The van der Waals surface area contributed by atoms with Crippen LogP contribution in [0.4, 0.5) is 0 Å². The fraction of sp³-hybridized carbons (Fsp3) is 0.263. The number of carboxylic acids is 1. The van der Waals surface area contributed by atoms with Crippen molar-refractivity contribution < 1.29 is 24.2 Å². The highest BCUT2D eigenvalue weighted by Crippen LogP contribution is 2.07. The second-order valence-corrected chi connectivity index (χ2v) is 5.36. The van der Waals surface area contributed by atoms with E-state index in [-0.39, 0.29) is 19.6 Å². The minimum atomic E-state index is -1.08. The highest BCUT2D eigenvalue weighted by atomic mass is 16.5. The number of carbonyl (C=O) groups excluding carboxylic acids is 1. The molecule has 0 radical (unpaired) electrons. The summed E-state index contributed by atoms with van der Waals surface area (Å²) >= 11 is 0. The molecule has 0 aliphatic heterocycles. The number of carboxylic acid groups (broad SMARTS) is 1. The summed E-state index contributed by atoms with van der Waals surface area (Å²) < 4.78 is 10.7. The van der Waals surface area contributed by atoms with Crippen molar-refractivity contribution in [3.05, 3.63) is 66.2 Å². The van der Waals surface area contributed by atoms with Gasteiger partial charge in [0.2, 0.25) is 5.91 Å². The van der Waals surface area contributed by atoms with E-state index in [0.29, 0.717) is 6.61 Å². The monoisotopic (exact) mass is 343 g/mol. The van der Waals surface area contributed by atoms with Crippen molar-refractivity contribution in [3.63, 3.8) is 0 Å². The zero-order valence-corrected chi connectivity index (χ0v) is 13.8. The lowest BCUT2D eigenvalue weighted by Gasteiger charge is -2.15. The molecule has 1 atom stereocenters. The molecule has 0 aromatic heterocycles. The molecule has 0 aliphatic rings. The molecule has 0 fully saturated rings. The fourth-order valence-corrected chi connectivity index (χ4v) is 2.19. The maximum Gasteiger partial charge on any atom is 0.326 e. The highest BCUT2D eigenvalue weighted by Gasteiger charge is 2.20. The van der Waals surface area contributed by atoms with Crippen LogP contribution in [0.1, 0.15) is 5.56 Å². The summed E-state index contributed by atoms with van der Waals surface area (Å²) in [6.07, 6.45) is 0.221. The van der Waals surface area contributed by atoms with Gasteiger partial charge in [-0.15, -0.1) is 0 Å². The van der Waals surface area contributed by atoms with Gasteiger partial charge < -0.3 is 19.9 Å². The topological polar surface area (TPSA) is 84.9 Å². The van der Waals surface area contributed by atoms with Gasteiger partial charge in [0.15, 0.2) is 0 Å². The third-order valence-electron chi connectivity index (χ3n) is 3.39. The molecule has 0 spiro atoms. The van der Waals surface area contributed by atoms with E-state index in [1.54, 1.807) is 0 Å². The number of nitrogens with one attached hydrogen (secondary N) is 1. The predicted octanol–water partition coefficient (Wildman–Crippen LogP) is 1.89. The Bertz CT molecular complexity index is 660. The Morgan fingerprint density at radius 3 is 2.24 bits per heavy atom. The minimum Gasteiger partial charge on any atom is -0.491 e. The van der Waals surface area contributed by atoms with Gasteiger partial charge in [-0.1, -0.05) is 48.5 Å². The second-order valence-electron chi connectivity index (χ2n) is 5.36. The Balaban J connectivity index is 1.67. The van der Waals surface area contributed by atoms with Crippen LogP contribution in [0.2, 0.25) is 0 Å². The van der Waals surface area contributed by atoms with Crippen molar-refractivity contribution in [2.75, 3.05) is 19.8 Å². The first-order chi connectivity index (χ1) is 12.1. The maximum absolute atomic E-state index is 11.8. The lowest BCUT2D eigenvalue weighted by molar-refractivity contribution is -0.142. The van der Waals surface area contributed by atoms with Crippen LogP contribution in [0.5, 0.6) is 5.75 Å². The molecule has 6 nitrogen and oxygen atoms in total. The molecular weight excluding hydrogens is 322 g/mol. The van der Waals surface area contributed by atoms with Crippen LogP contribution in [0, 0.1) is 0 Å². The number of ether oxygens (including phenoxy) is 2. The second kappa shape index (κ2) is 10.1. The first-order valence-electron chi connectivity index (χ1n) is 7.97. The molecule has 1 amide bonds. The number of rotatable bonds is 10. The van der Waals surface area contributed by atoms with Crippen molar-refractivity contribution in [2.24, 2.45) is 0 Å². The number of carbonyl (C=O) groups is 2. The molecule has 25 heavy (non-hydrogen) atoms. The summed E-state index contributed by atoms with van der Waals surface area (Å²) in [5.41, 5.74) is 0.840. The summed E-state index contributed by atoms with van der Waals surface area (Å²) in [6.45, 7) is 0.332. The van der Waals surface area contributed by atoms with Gasteiger partial charge in [-0.3, -0.25) is 4.79 Å². The number of aliphatic carboxylic acids is 1. The molecule has 2 aromatic rings. The number of benzene rings is 2. The number of hydrogen-bond donors (Lipinski definition) is 2. The van der Waals surface area contributed by atoms with Crippen LogP contribution in [0.25, 0.3) is 0 Å². The predicted molar refractivity (Wildman–Crippen MR) is 92.5 cm³/mol. The Morgan fingerprint density at radius 2 is 1.60 bits per heavy atom. The zero-order valence-electron chi connectivity index (χ0n) is 13.8. The van der Waals surface area contributed by atoms with Crippen LogP contribution in [-0.4, -0.2) is 42.8 Å². The van der Waals surface area contributed by atoms with Crippen molar-refractivity contribution in [1.82, 2.24) is 5.32 Å². The molecule has 0 heterocycles. The van der Waals surface area contributed by atoms with Gasteiger partial charge >= 0.3 is 5.97 Å². The van der Waals surface area contributed by atoms with E-state index in [1.807, 2.05) is 60.7 Å². The Labute approximate surface area is 146 Å². The van der Waals surface area contributed by atoms with Crippen LogP contribution in [-0.2, 0) is 20.7 Å². The molecule has 2 aromatic carbocycles. The smallest absolute Gasteiger partial charge is 0.326 e. The summed E-state index contributed by atoms with van der Waals surface area (Å²) in [7, 11) is 0. The largest absolute Gasteiger partial charge is 0.491 e. The summed E-state index contributed by atoms with van der Waals surface area (Å²) in [5.74, 6) is -0.822. The molecule has 0 saturated carbocycles. The van der Waals surface area contributed by atoms with Gasteiger partial charge in [-0.2, -0.15) is 0 Å². The quantitative estimate of drug-likeness (QED) is 0.644. The average Bonchev–Trinajstić information content (AvgIpc) is 2.62. The maximum atomic E-state index is 11.8. The first-order valence-corrected chi connectivity index (χ1v) is 7.97. The normalized spacial score (nSPS) is 11.5. The van der Waals surface area contributed by atoms with Crippen molar-refractivity contribution in [2.45, 2.75) is 12.5 Å². The van der Waals surface area contributed by atoms with E-state index in [4.69, 9.17) is 9.47 Å². The summed E-state index contributed by atoms with van der Waals surface area (Å²) in [4.78, 5) is 23.1. The lowest BCUT2D eigenvalue weighted by Crippen LogP contribution is -2.44. The zero-order chi connectivity index (χ0) is 17.9. The fourth-order valence-electron chi connectivity index (χ4n) is 2.19. The Kier molecular flexibility index (Phi) is 7.46. The van der Waals surface area contributed by atoms with E-state index in [1.165, 1.54) is 0 Å². The van der Waals surface area contributed by atoms with Crippen molar-refractivity contribution in [1.29, 1.82) is 0 Å². The standard InChI is InChI=1S/C19H21NO5/c21-18(14-24-11-12-25-16-9-5-2-6-10-16)20-17(19(22)23)13-15-7-3-1-4-8-15/h1-10,17H,11-14H2,(H,20,21)(H,22,23)/t17-/m1/s1. The van der Waals surface area contributed by atoms with E-state index in [0.717, 1.165) is 11.3 Å². The van der Waals surface area contributed by atoms with Crippen LogP contribution in [0.3, 0.4) is 0 Å². The molecule has 2 N–H and O–H groups in total. The van der Waals surface area contributed by atoms with Crippen molar-refractivity contribution >= 4 is 11.9 Å².